The molecule has 0 spiro atoms. The molecule has 2 amide bonds. The minimum Gasteiger partial charge on any atom is -0.480 e. The molecule has 1 aliphatic carbocycles. The van der Waals surface area contributed by atoms with Crippen molar-refractivity contribution in [2.75, 3.05) is 32.8 Å². The Balaban J connectivity index is 1.99. The van der Waals surface area contributed by atoms with Crippen molar-refractivity contribution >= 4 is 12.0 Å². The van der Waals surface area contributed by atoms with E-state index in [1.807, 2.05) is 6.92 Å². The number of aliphatic hydroxyl groups is 1. The Hall–Kier alpha value is -1.34. The number of hydrogen-bond donors (Lipinski definition) is 2. The van der Waals surface area contributed by atoms with Gasteiger partial charge < -0.3 is 24.7 Å². The van der Waals surface area contributed by atoms with E-state index in [-0.39, 0.29) is 25.3 Å². The van der Waals surface area contributed by atoms with Crippen LogP contribution in [0.3, 0.4) is 0 Å². The van der Waals surface area contributed by atoms with E-state index in [2.05, 4.69) is 0 Å². The van der Waals surface area contributed by atoms with Crippen molar-refractivity contribution in [1.82, 2.24) is 9.80 Å². The minimum atomic E-state index is -1.00. The molecule has 0 aromatic heterocycles. The first-order chi connectivity index (χ1) is 9.49. The molecule has 0 aromatic carbocycles. The second kappa shape index (κ2) is 6.41. The molecule has 2 fully saturated rings. The molecule has 0 radical (unpaired) electrons. The Morgan fingerprint density at radius 2 is 2.05 bits per heavy atom. The Bertz CT molecular complexity index is 372. The fraction of sp³-hybridized carbons (Fsp3) is 0.846. The molecule has 2 N–H and O–H groups in total. The number of amides is 2. The van der Waals surface area contributed by atoms with Crippen LogP contribution in [0.25, 0.3) is 0 Å². The molecule has 2 aliphatic rings. The van der Waals surface area contributed by atoms with E-state index >= 15 is 0 Å². The Morgan fingerprint density at radius 1 is 1.35 bits per heavy atom. The van der Waals surface area contributed by atoms with Gasteiger partial charge in [-0.25, -0.2) is 4.79 Å². The minimum absolute atomic E-state index is 0.143. The van der Waals surface area contributed by atoms with E-state index in [4.69, 9.17) is 9.84 Å². The quantitative estimate of drug-likeness (QED) is 0.741. The van der Waals surface area contributed by atoms with Crippen LogP contribution >= 0.6 is 0 Å². The molecular formula is C13H22N2O5. The number of nitrogens with zero attached hydrogens (tertiary/aromatic N) is 2. The predicted octanol–water partition coefficient (Wildman–Crippen LogP) is -0.0154. The zero-order valence-corrected chi connectivity index (χ0v) is 11.7. The first-order valence-corrected chi connectivity index (χ1v) is 7.01. The van der Waals surface area contributed by atoms with Gasteiger partial charge in [-0.3, -0.25) is 4.79 Å². The average molecular weight is 286 g/mol. The monoisotopic (exact) mass is 286 g/mol. The lowest BCUT2D eigenvalue weighted by molar-refractivity contribution is -0.138. The summed E-state index contributed by atoms with van der Waals surface area (Å²) >= 11 is 0. The van der Waals surface area contributed by atoms with Crippen LogP contribution in [0, 0.1) is 5.92 Å². The van der Waals surface area contributed by atoms with E-state index < -0.39 is 12.1 Å². The normalized spacial score (nSPS) is 26.4. The van der Waals surface area contributed by atoms with Crippen LogP contribution in [-0.2, 0) is 9.53 Å². The first-order valence-electron chi connectivity index (χ1n) is 7.01. The van der Waals surface area contributed by atoms with E-state index in [9.17, 15) is 14.7 Å². The summed E-state index contributed by atoms with van der Waals surface area (Å²) < 4.78 is 5.49. The van der Waals surface area contributed by atoms with Crippen LogP contribution in [0.4, 0.5) is 4.79 Å². The van der Waals surface area contributed by atoms with Crippen molar-refractivity contribution in [3.63, 3.8) is 0 Å². The average Bonchev–Trinajstić information content (AvgIpc) is 3.19. The highest BCUT2D eigenvalue weighted by atomic mass is 16.5. The van der Waals surface area contributed by atoms with Crippen molar-refractivity contribution in [3.05, 3.63) is 0 Å². The van der Waals surface area contributed by atoms with E-state index in [0.717, 1.165) is 12.8 Å². The number of carboxylic acid groups (broad SMARTS) is 1. The largest absolute Gasteiger partial charge is 0.480 e. The standard InChI is InChI=1S/C13H22N2O5/c1-9-4-14(6-11(8-16)20-9)13(19)15(7-12(17)18)5-10-2-3-10/h9-11,16H,2-8H2,1H3,(H,17,18). The number of urea groups is 1. The molecule has 2 unspecified atom stereocenters. The highest BCUT2D eigenvalue weighted by Gasteiger charge is 2.34. The number of ether oxygens (including phenoxy) is 1. The predicted molar refractivity (Wildman–Crippen MR) is 70.3 cm³/mol. The van der Waals surface area contributed by atoms with Crippen LogP contribution in [0.15, 0.2) is 0 Å². The maximum Gasteiger partial charge on any atom is 0.323 e. The number of morpholine rings is 1. The van der Waals surface area contributed by atoms with Gasteiger partial charge in [0, 0.05) is 13.1 Å². The van der Waals surface area contributed by atoms with Crippen LogP contribution in [-0.4, -0.2) is 77.0 Å². The second-order valence-corrected chi connectivity index (χ2v) is 5.66. The Morgan fingerprint density at radius 3 is 2.60 bits per heavy atom. The maximum atomic E-state index is 12.5. The fourth-order valence-corrected chi connectivity index (χ4v) is 2.49. The van der Waals surface area contributed by atoms with Gasteiger partial charge in [-0.15, -0.1) is 0 Å². The van der Waals surface area contributed by atoms with E-state index in [1.165, 1.54) is 4.90 Å². The third-order valence-electron chi connectivity index (χ3n) is 3.57. The first kappa shape index (κ1) is 15.1. The highest BCUT2D eigenvalue weighted by Crippen LogP contribution is 2.30. The third kappa shape index (κ3) is 4.08. The van der Waals surface area contributed by atoms with Gasteiger partial charge in [0.15, 0.2) is 0 Å². The second-order valence-electron chi connectivity index (χ2n) is 5.66. The molecule has 7 nitrogen and oxygen atoms in total. The molecule has 1 heterocycles. The topological polar surface area (TPSA) is 90.3 Å². The van der Waals surface area contributed by atoms with Gasteiger partial charge in [-0.2, -0.15) is 0 Å². The van der Waals surface area contributed by atoms with Gasteiger partial charge in [-0.05, 0) is 25.7 Å². The molecule has 20 heavy (non-hydrogen) atoms. The number of hydrogen-bond acceptors (Lipinski definition) is 4. The number of carboxylic acids is 1. The summed E-state index contributed by atoms with van der Waals surface area (Å²) in [7, 11) is 0. The summed E-state index contributed by atoms with van der Waals surface area (Å²) in [6.07, 6.45) is 1.57. The van der Waals surface area contributed by atoms with Gasteiger partial charge in [0.25, 0.3) is 0 Å². The molecule has 2 atom stereocenters. The summed E-state index contributed by atoms with van der Waals surface area (Å²) in [4.78, 5) is 26.3. The van der Waals surface area contributed by atoms with Crippen molar-refractivity contribution in [2.45, 2.75) is 32.0 Å². The van der Waals surface area contributed by atoms with Crippen LogP contribution in [0.1, 0.15) is 19.8 Å². The van der Waals surface area contributed by atoms with Crippen molar-refractivity contribution in [2.24, 2.45) is 5.92 Å². The van der Waals surface area contributed by atoms with Gasteiger partial charge >= 0.3 is 12.0 Å². The summed E-state index contributed by atoms with van der Waals surface area (Å²) in [6, 6.07) is -0.270. The zero-order chi connectivity index (χ0) is 14.7. The molecule has 7 heteroatoms. The van der Waals surface area contributed by atoms with Gasteiger partial charge in [0.05, 0.1) is 25.4 Å². The number of carbonyl (C=O) groups excluding carboxylic acids is 1. The van der Waals surface area contributed by atoms with Gasteiger partial charge in [-0.1, -0.05) is 0 Å². The Labute approximate surface area is 118 Å². The summed E-state index contributed by atoms with van der Waals surface area (Å²) in [6.45, 7) is 2.66. The molecule has 1 saturated heterocycles. The zero-order valence-electron chi connectivity index (χ0n) is 11.7. The van der Waals surface area contributed by atoms with E-state index in [0.29, 0.717) is 25.6 Å². The summed E-state index contributed by atoms with van der Waals surface area (Å²) in [5.74, 6) is -0.565. The smallest absolute Gasteiger partial charge is 0.323 e. The summed E-state index contributed by atoms with van der Waals surface area (Å²) in [5.41, 5.74) is 0. The van der Waals surface area contributed by atoms with Gasteiger partial charge in [0.2, 0.25) is 0 Å². The van der Waals surface area contributed by atoms with Crippen LogP contribution in [0.2, 0.25) is 0 Å². The van der Waals surface area contributed by atoms with E-state index in [1.54, 1.807) is 4.90 Å². The SMILES string of the molecule is CC1CN(C(=O)N(CC(=O)O)CC2CC2)CC(CO)O1. The van der Waals surface area contributed by atoms with Crippen LogP contribution in [0.5, 0.6) is 0 Å². The fourth-order valence-electron chi connectivity index (χ4n) is 2.49. The maximum absolute atomic E-state index is 12.5. The molecule has 0 bridgehead atoms. The third-order valence-corrected chi connectivity index (χ3v) is 3.57. The molecule has 1 aliphatic heterocycles. The molecule has 0 aromatic rings. The lowest BCUT2D eigenvalue weighted by Gasteiger charge is -2.38. The molecule has 2 rings (SSSR count). The van der Waals surface area contributed by atoms with Crippen molar-refractivity contribution < 1.29 is 24.5 Å². The molecule has 1 saturated carbocycles. The highest BCUT2D eigenvalue weighted by molar-refractivity contribution is 5.80. The lowest BCUT2D eigenvalue weighted by Crippen LogP contribution is -2.55. The van der Waals surface area contributed by atoms with Crippen LogP contribution < -0.4 is 0 Å². The number of aliphatic hydroxyl groups excluding tert-OH is 1. The lowest BCUT2D eigenvalue weighted by atomic mass is 10.2. The summed E-state index contributed by atoms with van der Waals surface area (Å²) in [5, 5.41) is 18.1. The molecular weight excluding hydrogens is 264 g/mol. The van der Waals surface area contributed by atoms with Crippen molar-refractivity contribution in [3.8, 4) is 0 Å². The van der Waals surface area contributed by atoms with Crippen molar-refractivity contribution in [1.29, 1.82) is 0 Å². The number of carbonyl (C=O) groups is 2. The van der Waals surface area contributed by atoms with Gasteiger partial charge in [0.1, 0.15) is 6.54 Å². The Kier molecular flexibility index (Phi) is 4.82. The number of rotatable bonds is 5. The number of aliphatic carboxylic acids is 1. The molecule has 114 valence electrons.